The number of phenols is 1. The summed E-state index contributed by atoms with van der Waals surface area (Å²) in [6.45, 7) is 2.01. The molecule has 1 N–H and O–H groups in total. The van der Waals surface area contributed by atoms with Crippen LogP contribution in [0, 0.1) is 0 Å². The summed E-state index contributed by atoms with van der Waals surface area (Å²) in [5, 5.41) is 9.63. The fourth-order valence-electron chi connectivity index (χ4n) is 2.60. The minimum atomic E-state index is 0.0943. The molecule has 3 nitrogen and oxygen atoms in total. The van der Waals surface area contributed by atoms with Gasteiger partial charge in [0.05, 0.1) is 5.69 Å². The Morgan fingerprint density at radius 1 is 1.16 bits per heavy atom. The van der Waals surface area contributed by atoms with E-state index in [-0.39, 0.29) is 17.6 Å². The molecular weight excluding hydrogens is 238 g/mol. The summed E-state index contributed by atoms with van der Waals surface area (Å²) in [4.78, 5) is 14.0. The van der Waals surface area contributed by atoms with Gasteiger partial charge in [0, 0.05) is 12.1 Å². The Bertz CT molecular complexity index is 622. The number of benzene rings is 2. The van der Waals surface area contributed by atoms with Crippen molar-refractivity contribution >= 4 is 17.3 Å². The normalized spacial score (nSPS) is 18.3. The van der Waals surface area contributed by atoms with E-state index < -0.39 is 0 Å². The summed E-state index contributed by atoms with van der Waals surface area (Å²) in [6.07, 6.45) is 0.464. The number of carbonyl (C=O) groups excluding carboxylic acids is 1. The molecule has 0 fully saturated rings. The van der Waals surface area contributed by atoms with Crippen LogP contribution in [-0.2, 0) is 4.79 Å². The highest BCUT2D eigenvalue weighted by atomic mass is 16.3. The molecular formula is C16H15NO2. The summed E-state index contributed by atoms with van der Waals surface area (Å²) in [7, 11) is 0. The highest BCUT2D eigenvalue weighted by Gasteiger charge is 2.29. The van der Waals surface area contributed by atoms with Crippen LogP contribution >= 0.6 is 0 Å². The van der Waals surface area contributed by atoms with Gasteiger partial charge >= 0.3 is 0 Å². The van der Waals surface area contributed by atoms with Gasteiger partial charge in [-0.15, -0.1) is 0 Å². The molecule has 96 valence electrons. The smallest absolute Gasteiger partial charge is 0.232 e. The lowest BCUT2D eigenvalue weighted by Gasteiger charge is -2.32. The largest absolute Gasteiger partial charge is 0.508 e. The molecule has 0 saturated heterocycles. The van der Waals surface area contributed by atoms with Crippen molar-refractivity contribution < 1.29 is 9.90 Å². The number of fused-ring (bicyclic) bond motifs is 1. The molecule has 0 saturated carbocycles. The Balaban J connectivity index is 2.16. The van der Waals surface area contributed by atoms with E-state index >= 15 is 0 Å². The topological polar surface area (TPSA) is 40.5 Å². The number of nitrogens with zero attached hydrogens (tertiary/aromatic N) is 1. The molecule has 1 aliphatic rings. The Labute approximate surface area is 112 Å². The molecule has 0 bridgehead atoms. The molecule has 1 aliphatic heterocycles. The number of hydrogen-bond acceptors (Lipinski definition) is 2. The van der Waals surface area contributed by atoms with Gasteiger partial charge in [0.15, 0.2) is 0 Å². The van der Waals surface area contributed by atoms with E-state index in [0.29, 0.717) is 6.42 Å². The van der Waals surface area contributed by atoms with Gasteiger partial charge in [0.2, 0.25) is 5.91 Å². The molecule has 3 rings (SSSR count). The van der Waals surface area contributed by atoms with Crippen LogP contribution in [0.5, 0.6) is 5.75 Å². The Morgan fingerprint density at radius 2 is 1.89 bits per heavy atom. The zero-order valence-corrected chi connectivity index (χ0v) is 10.7. The summed E-state index contributed by atoms with van der Waals surface area (Å²) in [6, 6.07) is 14.8. The van der Waals surface area contributed by atoms with Crippen LogP contribution in [0.25, 0.3) is 0 Å². The maximum Gasteiger partial charge on any atom is 0.232 e. The van der Waals surface area contributed by atoms with E-state index in [2.05, 4.69) is 0 Å². The summed E-state index contributed by atoms with van der Waals surface area (Å²) >= 11 is 0. The van der Waals surface area contributed by atoms with Gasteiger partial charge in [0.25, 0.3) is 0 Å². The molecule has 0 radical (unpaired) electrons. The van der Waals surface area contributed by atoms with Gasteiger partial charge in [-0.05, 0) is 41.8 Å². The van der Waals surface area contributed by atoms with Gasteiger partial charge < -0.3 is 5.11 Å². The van der Waals surface area contributed by atoms with Crippen LogP contribution in [0.15, 0.2) is 48.5 Å². The number of carbonyl (C=O) groups is 1. The van der Waals surface area contributed by atoms with Crippen LogP contribution in [-0.4, -0.2) is 11.0 Å². The second-order valence-electron chi connectivity index (χ2n) is 4.91. The molecule has 3 heteroatoms. The minimum absolute atomic E-state index is 0.0943. The average molecular weight is 253 g/mol. The summed E-state index contributed by atoms with van der Waals surface area (Å²) in [5.74, 6) is 0.472. The van der Waals surface area contributed by atoms with Gasteiger partial charge in [-0.25, -0.2) is 0 Å². The number of hydrogen-bond donors (Lipinski definition) is 1. The zero-order chi connectivity index (χ0) is 13.4. The van der Waals surface area contributed by atoms with Crippen LogP contribution in [0.4, 0.5) is 11.4 Å². The zero-order valence-electron chi connectivity index (χ0n) is 10.7. The quantitative estimate of drug-likeness (QED) is 0.844. The molecule has 0 spiro atoms. The first-order valence-corrected chi connectivity index (χ1v) is 6.38. The lowest BCUT2D eigenvalue weighted by molar-refractivity contribution is -0.118. The first-order chi connectivity index (χ1) is 9.16. The second kappa shape index (κ2) is 4.43. The highest BCUT2D eigenvalue weighted by molar-refractivity contribution is 6.03. The first kappa shape index (κ1) is 11.8. The van der Waals surface area contributed by atoms with Crippen molar-refractivity contribution in [2.45, 2.75) is 19.3 Å². The Morgan fingerprint density at radius 3 is 2.63 bits per heavy atom. The summed E-state index contributed by atoms with van der Waals surface area (Å²) in [5.41, 5.74) is 2.75. The third kappa shape index (κ3) is 1.97. The Hall–Kier alpha value is -2.29. The molecule has 19 heavy (non-hydrogen) atoms. The fraction of sp³-hybridized carbons (Fsp3) is 0.188. The summed E-state index contributed by atoms with van der Waals surface area (Å²) < 4.78 is 0. The number of aromatic hydroxyl groups is 1. The van der Waals surface area contributed by atoms with Crippen LogP contribution in [0.3, 0.4) is 0 Å². The van der Waals surface area contributed by atoms with Crippen molar-refractivity contribution in [3.63, 3.8) is 0 Å². The second-order valence-corrected chi connectivity index (χ2v) is 4.91. The SMILES string of the molecule is CC1CC(=O)N(c2ccccc2)c2ccc(O)cc21. The molecule has 2 aromatic rings. The standard InChI is InChI=1S/C16H15NO2/c1-11-9-16(19)17(12-5-3-2-4-6-12)15-8-7-13(18)10-14(11)15/h2-8,10-11,18H,9H2,1H3. The van der Waals surface area contributed by atoms with E-state index in [1.54, 1.807) is 17.0 Å². The first-order valence-electron chi connectivity index (χ1n) is 6.38. The maximum atomic E-state index is 12.3. The lowest BCUT2D eigenvalue weighted by Crippen LogP contribution is -2.32. The number of amides is 1. The van der Waals surface area contributed by atoms with Crippen molar-refractivity contribution in [3.8, 4) is 5.75 Å². The molecule has 1 heterocycles. The van der Waals surface area contributed by atoms with Crippen molar-refractivity contribution in [2.24, 2.45) is 0 Å². The number of para-hydroxylation sites is 1. The van der Waals surface area contributed by atoms with Crippen LogP contribution in [0.2, 0.25) is 0 Å². The van der Waals surface area contributed by atoms with E-state index in [9.17, 15) is 9.90 Å². The third-order valence-electron chi connectivity index (χ3n) is 3.53. The molecule has 2 aromatic carbocycles. The van der Waals surface area contributed by atoms with Crippen LogP contribution < -0.4 is 4.90 Å². The van der Waals surface area contributed by atoms with Crippen LogP contribution in [0.1, 0.15) is 24.8 Å². The van der Waals surface area contributed by atoms with Gasteiger partial charge in [-0.3, -0.25) is 9.69 Å². The van der Waals surface area contributed by atoms with Crippen molar-refractivity contribution in [3.05, 3.63) is 54.1 Å². The predicted molar refractivity (Wildman–Crippen MR) is 74.7 cm³/mol. The third-order valence-corrected chi connectivity index (χ3v) is 3.53. The molecule has 1 unspecified atom stereocenters. The molecule has 0 aliphatic carbocycles. The lowest BCUT2D eigenvalue weighted by atomic mass is 9.90. The van der Waals surface area contributed by atoms with E-state index in [1.807, 2.05) is 43.3 Å². The van der Waals surface area contributed by atoms with E-state index in [0.717, 1.165) is 16.9 Å². The average Bonchev–Trinajstić information content (AvgIpc) is 2.41. The maximum absolute atomic E-state index is 12.3. The number of rotatable bonds is 1. The molecule has 1 amide bonds. The Kier molecular flexibility index (Phi) is 2.75. The monoisotopic (exact) mass is 253 g/mol. The van der Waals surface area contributed by atoms with Gasteiger partial charge in [-0.1, -0.05) is 25.1 Å². The minimum Gasteiger partial charge on any atom is -0.508 e. The van der Waals surface area contributed by atoms with Crippen molar-refractivity contribution in [2.75, 3.05) is 4.90 Å². The fourth-order valence-corrected chi connectivity index (χ4v) is 2.60. The van der Waals surface area contributed by atoms with Gasteiger partial charge in [-0.2, -0.15) is 0 Å². The molecule has 1 atom stereocenters. The van der Waals surface area contributed by atoms with E-state index in [1.165, 1.54) is 0 Å². The number of anilines is 2. The van der Waals surface area contributed by atoms with Gasteiger partial charge in [0.1, 0.15) is 5.75 Å². The molecule has 0 aromatic heterocycles. The number of phenolic OH excluding ortho intramolecular Hbond substituents is 1. The highest BCUT2D eigenvalue weighted by Crippen LogP contribution is 2.41. The van der Waals surface area contributed by atoms with Crippen molar-refractivity contribution in [1.82, 2.24) is 0 Å². The predicted octanol–water partition coefficient (Wildman–Crippen LogP) is 3.56. The van der Waals surface area contributed by atoms with Crippen molar-refractivity contribution in [1.29, 1.82) is 0 Å². The van der Waals surface area contributed by atoms with E-state index in [4.69, 9.17) is 0 Å².